The summed E-state index contributed by atoms with van der Waals surface area (Å²) in [6.45, 7) is 6.40. The highest BCUT2D eigenvalue weighted by molar-refractivity contribution is 6.35. The molecule has 4 atom stereocenters. The van der Waals surface area contributed by atoms with Gasteiger partial charge in [-0.3, -0.25) is 20.4 Å². The maximum absolute atomic E-state index is 13.5. The smallest absolute Gasteiger partial charge is 0.233 e. The van der Waals surface area contributed by atoms with E-state index in [4.69, 9.17) is 49.3 Å². The van der Waals surface area contributed by atoms with Gasteiger partial charge in [0.2, 0.25) is 47.6 Å². The normalized spacial score (nSPS) is 19.1. The fourth-order valence-electron chi connectivity index (χ4n) is 14.5. The maximum Gasteiger partial charge on any atom is 0.233 e. The molecular weight excluding hydrogens is 1580 g/mol. The number of hydrogen-bond acceptors (Lipinski definition) is 26. The lowest BCUT2D eigenvalue weighted by Gasteiger charge is -2.42. The topological polar surface area (TPSA) is 384 Å². The van der Waals surface area contributed by atoms with Gasteiger partial charge in [0.05, 0.1) is 37.9 Å². The third kappa shape index (κ3) is 20.1. The van der Waals surface area contributed by atoms with Crippen molar-refractivity contribution in [2.24, 2.45) is 5.92 Å². The van der Waals surface area contributed by atoms with E-state index in [0.29, 0.717) is 136 Å². The molecule has 614 valence electrons. The van der Waals surface area contributed by atoms with Crippen LogP contribution in [0.1, 0.15) is 257 Å². The molecule has 4 aromatic carbocycles. The van der Waals surface area contributed by atoms with Crippen LogP contribution < -0.4 is 42.5 Å². The number of ether oxygens (including phenoxy) is 2. The molecule has 8 aromatic heterocycles. The lowest BCUT2D eigenvalue weighted by Crippen LogP contribution is -2.53. The summed E-state index contributed by atoms with van der Waals surface area (Å²) in [5.74, 6) is 13.9. The number of nitrogens with one attached hydrogen (secondary N) is 12. The first-order chi connectivity index (χ1) is 58.1. The van der Waals surface area contributed by atoms with E-state index in [0.717, 1.165) is 144 Å². The predicted octanol–water partition coefficient (Wildman–Crippen LogP) is 18.5. The monoisotopic (exact) mass is 1670 g/mol. The fourth-order valence-corrected chi connectivity index (χ4v) is 15.2. The van der Waals surface area contributed by atoms with Crippen molar-refractivity contribution in [3.63, 3.8) is 0 Å². The van der Waals surface area contributed by atoms with Crippen LogP contribution in [0.15, 0.2) is 115 Å². The van der Waals surface area contributed by atoms with Crippen LogP contribution in [0.4, 0.5) is 79.6 Å². The quantitative estimate of drug-likeness (QED) is 0.0207. The van der Waals surface area contributed by atoms with Gasteiger partial charge in [0.25, 0.3) is 0 Å². The molecule has 0 bridgehead atoms. The number of rotatable bonds is 29. The summed E-state index contributed by atoms with van der Waals surface area (Å²) in [6, 6.07) is 34.3. The van der Waals surface area contributed by atoms with Gasteiger partial charge >= 0.3 is 0 Å². The van der Waals surface area contributed by atoms with Gasteiger partial charge in [0.15, 0.2) is 23.3 Å². The molecule has 22 rings (SSSR count). The van der Waals surface area contributed by atoms with Crippen LogP contribution in [0.25, 0.3) is 0 Å². The zero-order chi connectivity index (χ0) is 80.7. The average molecular weight is 1670 g/mol. The van der Waals surface area contributed by atoms with Crippen molar-refractivity contribution < 1.29 is 18.3 Å². The van der Waals surface area contributed by atoms with E-state index < -0.39 is 5.54 Å². The molecule has 2 aliphatic heterocycles. The Morgan fingerprint density at radius 2 is 0.731 bits per heavy atom. The molecule has 10 heterocycles. The van der Waals surface area contributed by atoms with Gasteiger partial charge < -0.3 is 52.0 Å². The number of benzene rings is 4. The number of hydrogen-bond donors (Lipinski definition) is 12. The summed E-state index contributed by atoms with van der Waals surface area (Å²) in [4.78, 5) is 55.5. The van der Waals surface area contributed by atoms with E-state index in [1.54, 1.807) is 18.2 Å². The molecule has 12 aromatic rings. The number of aromatic amines is 4. The molecule has 119 heavy (non-hydrogen) atoms. The first-order valence-electron chi connectivity index (χ1n) is 41.4. The molecule has 12 N–H and O–H groups in total. The summed E-state index contributed by atoms with van der Waals surface area (Å²) in [7, 11) is 0. The largest absolute Gasteiger partial charge is 0.381 e. The van der Waals surface area contributed by atoms with Gasteiger partial charge in [-0.05, 0) is 194 Å². The Kier molecular flexibility index (Phi) is 22.1. The molecule has 0 spiro atoms. The summed E-state index contributed by atoms with van der Waals surface area (Å²) in [6.07, 6.45) is 19.5. The molecule has 30 nitrogen and oxygen atoms in total. The van der Waals surface area contributed by atoms with Crippen molar-refractivity contribution in [2.75, 3.05) is 69.0 Å². The molecule has 4 unspecified atom stereocenters. The van der Waals surface area contributed by atoms with Crippen LogP contribution in [0, 0.1) is 17.6 Å². The molecule has 8 saturated carbocycles. The van der Waals surface area contributed by atoms with Crippen LogP contribution in [-0.4, -0.2) is 127 Å². The van der Waals surface area contributed by atoms with Gasteiger partial charge in [-0.2, -0.15) is 80.2 Å². The number of anilines is 12. The lowest BCUT2D eigenvalue weighted by atomic mass is 9.88. The second kappa shape index (κ2) is 33.9. The molecule has 10 fully saturated rings. The van der Waals surface area contributed by atoms with E-state index in [2.05, 4.69) is 145 Å². The third-order valence-corrected chi connectivity index (χ3v) is 23.5. The van der Waals surface area contributed by atoms with Crippen LogP contribution >= 0.6 is 34.8 Å². The Balaban J connectivity index is 0.000000105. The van der Waals surface area contributed by atoms with E-state index in [1.807, 2.05) is 79.7 Å². The van der Waals surface area contributed by atoms with Gasteiger partial charge in [0, 0.05) is 122 Å². The number of halogens is 5. The van der Waals surface area contributed by atoms with Crippen molar-refractivity contribution in [1.82, 2.24) is 101 Å². The first kappa shape index (κ1) is 77.7. The first-order valence-corrected chi connectivity index (χ1v) is 42.5. The molecule has 0 amide bonds. The summed E-state index contributed by atoms with van der Waals surface area (Å²) >= 11 is 18.4. The molecular formula is C84H91Cl3F2N28O2. The number of aromatic nitrogens is 20. The van der Waals surface area contributed by atoms with Crippen LogP contribution in [0.5, 0.6) is 0 Å². The summed E-state index contributed by atoms with van der Waals surface area (Å²) < 4.78 is 38.0. The van der Waals surface area contributed by atoms with E-state index >= 15 is 0 Å². The van der Waals surface area contributed by atoms with Gasteiger partial charge in [0.1, 0.15) is 40.5 Å². The predicted molar refractivity (Wildman–Crippen MR) is 449 cm³/mol. The Hall–Kier alpha value is -11.2. The van der Waals surface area contributed by atoms with Crippen molar-refractivity contribution in [3.05, 3.63) is 210 Å². The second-order valence-corrected chi connectivity index (χ2v) is 34.1. The maximum atomic E-state index is 13.5. The Labute approximate surface area is 699 Å². The standard InChI is InChI=1S/C23H26FN7O.C21H22FN7O.C20H21Cl2N7.C20H22ClN7/c24-17-7-5-14(6-8-17)20(16-9-10-32-12-16)26-23-28-21(15-3-4-15)27-22(29-23)25-19-11-18(30-31-19)13-1-2-13;22-15-7-5-14(6-8-15)21(10-30-11-21)27-20-25-18(13-3-4-13)24-19(26-20)23-17-9-16(28-29-17)12-1-2-12;1-10(14-7-6-13(21)8-15(14)22)23-19-25-18(12-4-5-12)26-20(27-19)24-17-9-16(28-29-17)11-2-3-11;1-11(12-6-8-15(21)9-7-12)22-19-24-18(14-4-5-14)25-20(26-19)23-17-10-16(27-28-17)13-2-3-13/h5-8,11,13,15-16,20H,1-4,9-10,12H2,(H3,25,26,27,28,29,30,31);5-9,12-13H,1-4,10-11H2,(H3,23,24,25,26,27,28,29);6-12H,2-5H2,1H3,(H3,23,24,25,26,27,28,29);6-11,13-14H,2-5H2,1H3,(H3,22,23,24,25,26,27,28). The van der Waals surface area contributed by atoms with Crippen LogP contribution in [-0.2, 0) is 15.0 Å². The van der Waals surface area contributed by atoms with E-state index in [1.165, 1.54) is 81.3 Å². The Morgan fingerprint density at radius 3 is 1.11 bits per heavy atom. The summed E-state index contributed by atoms with van der Waals surface area (Å²) in [5.41, 5.74) is 8.15. The van der Waals surface area contributed by atoms with Crippen molar-refractivity contribution >= 4 is 106 Å². The van der Waals surface area contributed by atoms with Crippen molar-refractivity contribution in [2.45, 2.75) is 194 Å². The minimum absolute atomic E-state index is 0.0476. The van der Waals surface area contributed by atoms with E-state index in [9.17, 15) is 8.78 Å². The minimum atomic E-state index is -0.474. The highest BCUT2D eigenvalue weighted by Gasteiger charge is 2.43. The number of nitrogens with zero attached hydrogens (tertiary/aromatic N) is 16. The molecule has 10 aliphatic rings. The molecule has 0 radical (unpaired) electrons. The van der Waals surface area contributed by atoms with E-state index in [-0.39, 0.29) is 35.7 Å². The highest BCUT2D eigenvalue weighted by atomic mass is 35.5. The summed E-state index contributed by atoms with van der Waals surface area (Å²) in [5, 5.41) is 58.3. The Morgan fingerprint density at radius 1 is 0.370 bits per heavy atom. The van der Waals surface area contributed by atoms with Crippen LogP contribution in [0.2, 0.25) is 15.1 Å². The fraction of sp³-hybridized carbons (Fsp3) is 0.429. The zero-order valence-corrected chi connectivity index (χ0v) is 67.9. The molecule has 2 saturated heterocycles. The SMILES string of the molecule is CC(Nc1nc(Nc2cc(C3CC3)[nH]n2)nc(C2CC2)n1)c1ccc(Cl)cc1.CC(Nc1nc(Nc2cc(C3CC3)[nH]n2)nc(C2CC2)n1)c1ccc(Cl)cc1Cl.Fc1ccc(C(Nc2nc(Nc3cc(C4CC4)[nH]n3)nc(C3CC3)n2)C2CCOC2)cc1.Fc1ccc(C2(Nc3nc(Nc4cc(C5CC5)[nH]n4)nc(C4CC4)n3)COC2)cc1. The molecule has 8 aliphatic carbocycles. The van der Waals surface area contributed by atoms with Gasteiger partial charge in [-0.25, -0.2) is 8.78 Å². The van der Waals surface area contributed by atoms with Gasteiger partial charge in [-0.15, -0.1) is 0 Å². The lowest BCUT2D eigenvalue weighted by molar-refractivity contribution is -0.0451. The average Bonchev–Trinajstić information content (AvgIpc) is 1.21. The highest BCUT2D eigenvalue weighted by Crippen LogP contribution is 2.47. The Bertz CT molecular complexity index is 5540. The number of H-pyrrole nitrogens is 4. The van der Waals surface area contributed by atoms with Crippen molar-refractivity contribution in [3.8, 4) is 0 Å². The van der Waals surface area contributed by atoms with Crippen LogP contribution in [0.3, 0.4) is 0 Å². The second-order valence-electron chi connectivity index (χ2n) is 32.8. The molecule has 35 heteroatoms. The third-order valence-electron chi connectivity index (χ3n) is 22.7. The zero-order valence-electron chi connectivity index (χ0n) is 65.6. The van der Waals surface area contributed by atoms with Gasteiger partial charge in [-0.1, -0.05) is 77.3 Å². The minimum Gasteiger partial charge on any atom is -0.381 e. The van der Waals surface area contributed by atoms with Crippen molar-refractivity contribution in [1.29, 1.82) is 0 Å².